The number of hydrogen-bond donors (Lipinski definition) is 0. The van der Waals surface area contributed by atoms with Gasteiger partial charge >= 0.3 is 5.97 Å². The second kappa shape index (κ2) is 8.48. The van der Waals surface area contributed by atoms with E-state index in [1.165, 1.54) is 0 Å². The minimum atomic E-state index is -0.159. The van der Waals surface area contributed by atoms with Crippen LogP contribution in [0.4, 0.5) is 0 Å². The van der Waals surface area contributed by atoms with Crippen molar-refractivity contribution in [3.63, 3.8) is 0 Å². The van der Waals surface area contributed by atoms with E-state index >= 15 is 0 Å². The van der Waals surface area contributed by atoms with Gasteiger partial charge in [0.1, 0.15) is 0 Å². The molecule has 0 saturated carbocycles. The maximum atomic E-state index is 12.0. The first-order valence-electron chi connectivity index (χ1n) is 6.15. The number of aromatic nitrogens is 1. The Morgan fingerprint density at radius 1 is 1.47 bits per heavy atom. The molecule has 1 heterocycles. The van der Waals surface area contributed by atoms with Gasteiger partial charge in [0, 0.05) is 21.3 Å². The van der Waals surface area contributed by atoms with Crippen molar-refractivity contribution in [3.05, 3.63) is 39.6 Å². The van der Waals surface area contributed by atoms with Gasteiger partial charge in [-0.15, -0.1) is 6.58 Å². The van der Waals surface area contributed by atoms with Gasteiger partial charge in [-0.1, -0.05) is 6.08 Å². The fraction of sp³-hybridized carbons (Fsp3) is 0.429. The van der Waals surface area contributed by atoms with Crippen molar-refractivity contribution in [2.45, 2.75) is 26.2 Å². The lowest BCUT2D eigenvalue weighted by Crippen LogP contribution is -2.20. The summed E-state index contributed by atoms with van der Waals surface area (Å²) < 4.78 is 6.93. The number of ether oxygens (including phenoxy) is 1. The van der Waals surface area contributed by atoms with Crippen LogP contribution in [0.3, 0.4) is 0 Å². The number of carbonyl (C=O) groups is 1. The average molecular weight is 391 g/mol. The number of carbonyl (C=O) groups excluding carboxylic acids is 1. The van der Waals surface area contributed by atoms with E-state index in [-0.39, 0.29) is 11.9 Å². The molecule has 0 aromatic carbocycles. The Kier molecular flexibility index (Phi) is 7.31. The van der Waals surface area contributed by atoms with E-state index < -0.39 is 0 Å². The minimum Gasteiger partial charge on any atom is -0.466 e. The van der Waals surface area contributed by atoms with Crippen LogP contribution in [0.2, 0.25) is 0 Å². The number of halogens is 2. The fourth-order valence-corrected chi connectivity index (χ4v) is 3.02. The van der Waals surface area contributed by atoms with Crippen LogP contribution in [0.25, 0.3) is 0 Å². The molecule has 0 aliphatic heterocycles. The van der Waals surface area contributed by atoms with Crippen molar-refractivity contribution in [2.75, 3.05) is 6.61 Å². The van der Waals surface area contributed by atoms with Crippen molar-refractivity contribution in [3.8, 4) is 0 Å². The third kappa shape index (κ3) is 5.07. The largest absolute Gasteiger partial charge is 0.466 e. The molecular weight excluding hydrogens is 374 g/mol. The molecule has 0 fully saturated rings. The molecule has 3 nitrogen and oxygen atoms in total. The van der Waals surface area contributed by atoms with E-state index in [2.05, 4.69) is 43.4 Å². The van der Waals surface area contributed by atoms with Crippen molar-refractivity contribution in [2.24, 2.45) is 5.92 Å². The van der Waals surface area contributed by atoms with Crippen molar-refractivity contribution >= 4 is 37.8 Å². The summed E-state index contributed by atoms with van der Waals surface area (Å²) in [6.07, 6.45) is 7.44. The van der Waals surface area contributed by atoms with E-state index in [0.29, 0.717) is 13.0 Å². The fourth-order valence-electron chi connectivity index (χ4n) is 1.76. The van der Waals surface area contributed by atoms with Gasteiger partial charge < -0.3 is 4.74 Å². The summed E-state index contributed by atoms with van der Waals surface area (Å²) in [5, 5.41) is 0. The Morgan fingerprint density at radius 3 is 2.63 bits per heavy atom. The SMILES string of the molecule is C=CCCC(Cc1c(Br)cncc1Br)C(=O)OCC. The van der Waals surface area contributed by atoms with Gasteiger partial charge in [0.15, 0.2) is 0 Å². The summed E-state index contributed by atoms with van der Waals surface area (Å²) in [6, 6.07) is 0. The predicted octanol–water partition coefficient (Wildman–Crippen LogP) is 4.29. The molecule has 1 unspecified atom stereocenters. The molecule has 0 aliphatic rings. The summed E-state index contributed by atoms with van der Waals surface area (Å²) in [6.45, 7) is 5.92. The van der Waals surface area contributed by atoms with E-state index in [1.807, 2.05) is 13.0 Å². The lowest BCUT2D eigenvalue weighted by Gasteiger charge is -2.16. The molecule has 0 spiro atoms. The molecule has 1 atom stereocenters. The smallest absolute Gasteiger partial charge is 0.309 e. The van der Waals surface area contributed by atoms with Crippen molar-refractivity contribution in [1.29, 1.82) is 0 Å². The van der Waals surface area contributed by atoms with E-state index in [9.17, 15) is 4.79 Å². The Labute approximate surface area is 130 Å². The zero-order valence-corrected chi connectivity index (χ0v) is 14.0. The van der Waals surface area contributed by atoms with Crippen LogP contribution < -0.4 is 0 Å². The van der Waals surface area contributed by atoms with Crippen LogP contribution >= 0.6 is 31.9 Å². The summed E-state index contributed by atoms with van der Waals surface area (Å²) in [7, 11) is 0. The van der Waals surface area contributed by atoms with Gasteiger partial charge in [0.2, 0.25) is 0 Å². The molecule has 1 aromatic heterocycles. The lowest BCUT2D eigenvalue weighted by molar-refractivity contribution is -0.148. The zero-order chi connectivity index (χ0) is 14.3. The molecule has 5 heteroatoms. The maximum absolute atomic E-state index is 12.0. The number of allylic oxidation sites excluding steroid dienone is 1. The van der Waals surface area contributed by atoms with Crippen LogP contribution in [0.15, 0.2) is 34.0 Å². The highest BCUT2D eigenvalue weighted by atomic mass is 79.9. The maximum Gasteiger partial charge on any atom is 0.309 e. The van der Waals surface area contributed by atoms with Gasteiger partial charge in [-0.05, 0) is 63.6 Å². The minimum absolute atomic E-state index is 0.153. The predicted molar refractivity (Wildman–Crippen MR) is 82.9 cm³/mol. The summed E-state index contributed by atoms with van der Waals surface area (Å²) in [5.41, 5.74) is 1.04. The van der Waals surface area contributed by atoms with E-state index in [0.717, 1.165) is 27.4 Å². The van der Waals surface area contributed by atoms with Crippen LogP contribution in [0.5, 0.6) is 0 Å². The molecule has 0 aliphatic carbocycles. The second-order valence-electron chi connectivity index (χ2n) is 4.10. The van der Waals surface area contributed by atoms with Crippen LogP contribution in [0.1, 0.15) is 25.3 Å². The van der Waals surface area contributed by atoms with Crippen LogP contribution in [0, 0.1) is 5.92 Å². The quantitative estimate of drug-likeness (QED) is 0.514. The van der Waals surface area contributed by atoms with Crippen molar-refractivity contribution < 1.29 is 9.53 Å². The zero-order valence-electron chi connectivity index (χ0n) is 10.9. The first kappa shape index (κ1) is 16.4. The first-order chi connectivity index (χ1) is 9.10. The number of pyridine rings is 1. The highest BCUT2D eigenvalue weighted by Crippen LogP contribution is 2.28. The molecule has 104 valence electrons. The second-order valence-corrected chi connectivity index (χ2v) is 5.81. The number of esters is 1. The highest BCUT2D eigenvalue weighted by molar-refractivity contribution is 9.11. The van der Waals surface area contributed by atoms with Gasteiger partial charge in [-0.3, -0.25) is 9.78 Å². The van der Waals surface area contributed by atoms with Gasteiger partial charge in [0.05, 0.1) is 12.5 Å². The van der Waals surface area contributed by atoms with Gasteiger partial charge in [-0.2, -0.15) is 0 Å². The lowest BCUT2D eigenvalue weighted by atomic mass is 9.95. The molecule has 1 rings (SSSR count). The van der Waals surface area contributed by atoms with Gasteiger partial charge in [-0.25, -0.2) is 0 Å². The van der Waals surface area contributed by atoms with Crippen LogP contribution in [-0.2, 0) is 16.0 Å². The van der Waals surface area contributed by atoms with Crippen molar-refractivity contribution in [1.82, 2.24) is 4.98 Å². The average Bonchev–Trinajstić information content (AvgIpc) is 2.37. The summed E-state index contributed by atoms with van der Waals surface area (Å²) in [5.74, 6) is -0.312. The molecular formula is C14H17Br2NO2. The van der Waals surface area contributed by atoms with E-state index in [4.69, 9.17) is 4.74 Å². The molecule has 1 aromatic rings. The Bertz CT molecular complexity index is 429. The first-order valence-corrected chi connectivity index (χ1v) is 7.74. The molecule has 0 N–H and O–H groups in total. The monoisotopic (exact) mass is 389 g/mol. The number of nitrogens with zero attached hydrogens (tertiary/aromatic N) is 1. The molecule has 0 amide bonds. The Hall–Kier alpha value is -0.680. The third-order valence-corrected chi connectivity index (χ3v) is 4.11. The normalized spacial score (nSPS) is 11.9. The Morgan fingerprint density at radius 2 is 2.11 bits per heavy atom. The van der Waals surface area contributed by atoms with Gasteiger partial charge in [0.25, 0.3) is 0 Å². The Balaban J connectivity index is 2.87. The third-order valence-electron chi connectivity index (χ3n) is 2.74. The van der Waals surface area contributed by atoms with Crippen LogP contribution in [-0.4, -0.2) is 17.6 Å². The summed E-state index contributed by atoms with van der Waals surface area (Å²) >= 11 is 6.93. The van der Waals surface area contributed by atoms with E-state index in [1.54, 1.807) is 12.4 Å². The topological polar surface area (TPSA) is 39.2 Å². The highest BCUT2D eigenvalue weighted by Gasteiger charge is 2.21. The molecule has 0 saturated heterocycles. The number of hydrogen-bond acceptors (Lipinski definition) is 3. The molecule has 19 heavy (non-hydrogen) atoms. The standard InChI is InChI=1S/C14H17Br2NO2/c1-3-5-6-10(14(18)19-4-2)7-11-12(15)8-17-9-13(11)16/h3,8-10H,1,4-7H2,2H3. The number of rotatable bonds is 7. The molecule has 0 radical (unpaired) electrons. The molecule has 0 bridgehead atoms. The summed E-state index contributed by atoms with van der Waals surface area (Å²) in [4.78, 5) is 16.0.